The molecule has 1 rings (SSSR count). The van der Waals surface area contributed by atoms with Crippen molar-refractivity contribution < 1.29 is 8.78 Å². The summed E-state index contributed by atoms with van der Waals surface area (Å²) in [6.07, 6.45) is 0. The van der Waals surface area contributed by atoms with E-state index in [0.29, 0.717) is 0 Å². The van der Waals surface area contributed by atoms with E-state index in [1.807, 2.05) is 0 Å². The maximum absolute atomic E-state index is 12.6. The van der Waals surface area contributed by atoms with E-state index in [2.05, 4.69) is 0 Å². The Hall–Kier alpha value is -1.63. The van der Waals surface area contributed by atoms with Gasteiger partial charge in [-0.3, -0.25) is 0 Å². The van der Waals surface area contributed by atoms with Gasteiger partial charge in [-0.25, -0.2) is 8.78 Å². The summed E-state index contributed by atoms with van der Waals surface area (Å²) >= 11 is 0. The standard InChI is InChI=1S/C7H4F2N2/c8-5-1-2-6(9)7(11)4(5)3-10/h1-2H,11H2. The minimum atomic E-state index is -0.800. The fourth-order valence-corrected chi connectivity index (χ4v) is 0.681. The first-order chi connectivity index (χ1) is 5.16. The van der Waals surface area contributed by atoms with Crippen molar-refractivity contribution in [3.63, 3.8) is 0 Å². The van der Waals surface area contributed by atoms with Crippen molar-refractivity contribution in [3.8, 4) is 6.07 Å². The smallest absolute Gasteiger partial charge is 0.147 e. The lowest BCUT2D eigenvalue weighted by molar-refractivity contribution is 0.601. The summed E-state index contributed by atoms with van der Waals surface area (Å²) in [7, 11) is 0. The average Bonchev–Trinajstić information content (AvgIpc) is 1.99. The Balaban J connectivity index is 3.44. The molecule has 2 N–H and O–H groups in total. The minimum absolute atomic E-state index is 0.438. The van der Waals surface area contributed by atoms with Crippen LogP contribution in [0.5, 0.6) is 0 Å². The lowest BCUT2D eigenvalue weighted by atomic mass is 10.2. The molecule has 0 radical (unpaired) electrons. The molecule has 0 unspecified atom stereocenters. The third-order valence-electron chi connectivity index (χ3n) is 1.25. The van der Waals surface area contributed by atoms with Crippen LogP contribution in [0.25, 0.3) is 0 Å². The number of benzene rings is 1. The first kappa shape index (κ1) is 7.48. The second-order valence-corrected chi connectivity index (χ2v) is 1.93. The quantitative estimate of drug-likeness (QED) is 0.574. The Kier molecular flexibility index (Phi) is 1.73. The molecular formula is C7H4F2N2. The van der Waals surface area contributed by atoms with Crippen LogP contribution in [0.3, 0.4) is 0 Å². The molecule has 1 aromatic rings. The highest BCUT2D eigenvalue weighted by molar-refractivity contribution is 5.55. The van der Waals surface area contributed by atoms with Crippen LogP contribution in [0.1, 0.15) is 5.56 Å². The van der Waals surface area contributed by atoms with Crippen molar-refractivity contribution in [2.24, 2.45) is 0 Å². The fourth-order valence-electron chi connectivity index (χ4n) is 0.681. The van der Waals surface area contributed by atoms with E-state index in [1.54, 1.807) is 0 Å². The molecule has 0 aliphatic carbocycles. The summed E-state index contributed by atoms with van der Waals surface area (Å²) in [4.78, 5) is 0. The SMILES string of the molecule is N#Cc1c(F)ccc(F)c1N. The summed E-state index contributed by atoms with van der Waals surface area (Å²) in [6, 6.07) is 3.21. The molecule has 11 heavy (non-hydrogen) atoms. The Morgan fingerprint density at radius 1 is 1.27 bits per heavy atom. The van der Waals surface area contributed by atoms with Gasteiger partial charge in [0.15, 0.2) is 0 Å². The number of hydrogen-bond donors (Lipinski definition) is 1. The van der Waals surface area contributed by atoms with Gasteiger partial charge in [-0.2, -0.15) is 5.26 Å². The Labute approximate surface area is 61.9 Å². The Morgan fingerprint density at radius 3 is 2.27 bits per heavy atom. The van der Waals surface area contributed by atoms with Gasteiger partial charge in [0.2, 0.25) is 0 Å². The molecule has 0 fully saturated rings. The van der Waals surface area contributed by atoms with Gasteiger partial charge in [0, 0.05) is 0 Å². The van der Waals surface area contributed by atoms with E-state index in [0.717, 1.165) is 12.1 Å². The van der Waals surface area contributed by atoms with Crippen LogP contribution >= 0.6 is 0 Å². The van der Waals surface area contributed by atoms with Crippen molar-refractivity contribution in [1.82, 2.24) is 0 Å². The molecule has 0 spiro atoms. The van der Waals surface area contributed by atoms with E-state index >= 15 is 0 Å². The topological polar surface area (TPSA) is 49.8 Å². The largest absolute Gasteiger partial charge is 0.395 e. The normalized spacial score (nSPS) is 9.18. The van der Waals surface area contributed by atoms with Crippen LogP contribution in [-0.4, -0.2) is 0 Å². The van der Waals surface area contributed by atoms with Crippen molar-refractivity contribution in [1.29, 1.82) is 5.26 Å². The first-order valence-electron chi connectivity index (χ1n) is 2.80. The third kappa shape index (κ3) is 1.13. The second kappa shape index (κ2) is 2.54. The van der Waals surface area contributed by atoms with E-state index in [4.69, 9.17) is 11.0 Å². The average molecular weight is 154 g/mol. The molecule has 0 heterocycles. The van der Waals surface area contributed by atoms with Crippen LogP contribution in [0.15, 0.2) is 12.1 Å². The monoisotopic (exact) mass is 154 g/mol. The summed E-state index contributed by atoms with van der Waals surface area (Å²) in [5.41, 5.74) is 4.18. The summed E-state index contributed by atoms with van der Waals surface area (Å²) in [5.74, 6) is -1.57. The summed E-state index contributed by atoms with van der Waals surface area (Å²) < 4.78 is 25.1. The van der Waals surface area contributed by atoms with Crippen molar-refractivity contribution in [2.45, 2.75) is 0 Å². The van der Waals surface area contributed by atoms with Gasteiger partial charge in [0.1, 0.15) is 23.3 Å². The molecule has 2 nitrogen and oxygen atoms in total. The minimum Gasteiger partial charge on any atom is -0.395 e. The molecular weight excluding hydrogens is 150 g/mol. The fraction of sp³-hybridized carbons (Fsp3) is 0. The number of nitrogen functional groups attached to an aromatic ring is 1. The highest BCUT2D eigenvalue weighted by Gasteiger charge is 2.09. The zero-order valence-electron chi connectivity index (χ0n) is 5.44. The van der Waals surface area contributed by atoms with Gasteiger partial charge in [0.05, 0.1) is 5.69 Å². The summed E-state index contributed by atoms with van der Waals surface area (Å²) in [5, 5.41) is 8.29. The van der Waals surface area contributed by atoms with E-state index < -0.39 is 22.9 Å². The number of nitrogens with two attached hydrogens (primary N) is 1. The van der Waals surface area contributed by atoms with Crippen molar-refractivity contribution in [3.05, 3.63) is 29.3 Å². The zero-order chi connectivity index (χ0) is 8.43. The molecule has 0 aromatic heterocycles. The molecule has 1 aromatic carbocycles. The lowest BCUT2D eigenvalue weighted by Crippen LogP contribution is -1.97. The van der Waals surface area contributed by atoms with Crippen LogP contribution in [-0.2, 0) is 0 Å². The number of halogens is 2. The molecule has 0 atom stereocenters. The van der Waals surface area contributed by atoms with Gasteiger partial charge in [0.25, 0.3) is 0 Å². The van der Waals surface area contributed by atoms with Gasteiger partial charge < -0.3 is 5.73 Å². The van der Waals surface area contributed by atoms with Gasteiger partial charge in [-0.05, 0) is 12.1 Å². The van der Waals surface area contributed by atoms with Crippen molar-refractivity contribution in [2.75, 3.05) is 5.73 Å². The maximum Gasteiger partial charge on any atom is 0.147 e. The van der Waals surface area contributed by atoms with Gasteiger partial charge in [-0.1, -0.05) is 0 Å². The van der Waals surface area contributed by atoms with E-state index in [-0.39, 0.29) is 0 Å². The van der Waals surface area contributed by atoms with Gasteiger partial charge in [-0.15, -0.1) is 0 Å². The number of nitriles is 1. The summed E-state index contributed by atoms with van der Waals surface area (Å²) in [6.45, 7) is 0. The first-order valence-corrected chi connectivity index (χ1v) is 2.80. The molecule has 0 aliphatic rings. The molecule has 56 valence electrons. The highest BCUT2D eigenvalue weighted by atomic mass is 19.1. The zero-order valence-corrected chi connectivity index (χ0v) is 5.44. The molecule has 0 saturated heterocycles. The second-order valence-electron chi connectivity index (χ2n) is 1.93. The van der Waals surface area contributed by atoms with Crippen LogP contribution in [0.2, 0.25) is 0 Å². The Morgan fingerprint density at radius 2 is 1.82 bits per heavy atom. The number of nitrogens with zero attached hydrogens (tertiary/aromatic N) is 1. The Bertz CT molecular complexity index is 328. The van der Waals surface area contributed by atoms with Crippen LogP contribution in [0.4, 0.5) is 14.5 Å². The van der Waals surface area contributed by atoms with E-state index in [9.17, 15) is 8.78 Å². The highest BCUT2D eigenvalue weighted by Crippen LogP contribution is 2.17. The molecule has 4 heteroatoms. The maximum atomic E-state index is 12.6. The van der Waals surface area contributed by atoms with Gasteiger partial charge >= 0.3 is 0 Å². The number of hydrogen-bond acceptors (Lipinski definition) is 2. The molecule has 0 amide bonds. The van der Waals surface area contributed by atoms with Crippen LogP contribution < -0.4 is 5.73 Å². The predicted octanol–water partition coefficient (Wildman–Crippen LogP) is 1.42. The number of anilines is 1. The third-order valence-corrected chi connectivity index (χ3v) is 1.25. The van der Waals surface area contributed by atoms with Crippen molar-refractivity contribution >= 4 is 5.69 Å². The number of rotatable bonds is 0. The molecule has 0 bridgehead atoms. The predicted molar refractivity (Wildman–Crippen MR) is 35.5 cm³/mol. The lowest BCUT2D eigenvalue weighted by Gasteiger charge is -1.98. The van der Waals surface area contributed by atoms with E-state index in [1.165, 1.54) is 6.07 Å². The molecule has 0 aliphatic heterocycles. The molecule has 0 saturated carbocycles. The van der Waals surface area contributed by atoms with Crippen LogP contribution in [0, 0.1) is 23.0 Å².